The van der Waals surface area contributed by atoms with Crippen LogP contribution < -0.4 is 5.32 Å². The van der Waals surface area contributed by atoms with Gasteiger partial charge in [-0.15, -0.1) is 0 Å². The molecule has 21 heavy (non-hydrogen) atoms. The summed E-state index contributed by atoms with van der Waals surface area (Å²) in [4.78, 5) is 0. The van der Waals surface area contributed by atoms with E-state index in [0.717, 1.165) is 13.0 Å². The number of nitrogens with one attached hydrogen (secondary N) is 1. The van der Waals surface area contributed by atoms with E-state index in [9.17, 15) is 5.11 Å². The molecular formula is C16H33NO4. The summed E-state index contributed by atoms with van der Waals surface area (Å²) in [6.45, 7) is 8.80. The van der Waals surface area contributed by atoms with Crippen LogP contribution in [0.15, 0.2) is 0 Å². The molecule has 0 bridgehead atoms. The zero-order valence-corrected chi connectivity index (χ0v) is 13.7. The molecule has 5 heteroatoms. The highest BCUT2D eigenvalue weighted by atomic mass is 16.6. The Labute approximate surface area is 129 Å². The van der Waals surface area contributed by atoms with Gasteiger partial charge in [0.05, 0.1) is 38.6 Å². The average molecular weight is 303 g/mol. The summed E-state index contributed by atoms with van der Waals surface area (Å²) in [6, 6.07) is 0. The Morgan fingerprint density at radius 3 is 2.81 bits per heavy atom. The molecule has 1 heterocycles. The van der Waals surface area contributed by atoms with Gasteiger partial charge in [-0.25, -0.2) is 0 Å². The molecule has 1 saturated heterocycles. The summed E-state index contributed by atoms with van der Waals surface area (Å²) in [6.07, 6.45) is 4.50. The lowest BCUT2D eigenvalue weighted by Crippen LogP contribution is -2.40. The first-order valence-corrected chi connectivity index (χ1v) is 8.42. The predicted molar refractivity (Wildman–Crippen MR) is 83.6 cm³/mol. The Morgan fingerprint density at radius 1 is 1.29 bits per heavy atom. The normalized spacial score (nSPS) is 22.1. The van der Waals surface area contributed by atoms with Crippen molar-refractivity contribution in [1.29, 1.82) is 0 Å². The maximum absolute atomic E-state index is 9.88. The zero-order chi connectivity index (χ0) is 15.3. The van der Waals surface area contributed by atoms with Gasteiger partial charge in [-0.3, -0.25) is 0 Å². The van der Waals surface area contributed by atoms with Crippen LogP contribution in [0.4, 0.5) is 0 Å². The van der Waals surface area contributed by atoms with Crippen LogP contribution in [0, 0.1) is 5.92 Å². The van der Waals surface area contributed by atoms with Gasteiger partial charge in [0.2, 0.25) is 0 Å². The lowest BCUT2D eigenvalue weighted by Gasteiger charge is -2.23. The van der Waals surface area contributed by atoms with Crippen molar-refractivity contribution in [2.75, 3.05) is 46.1 Å². The lowest BCUT2D eigenvalue weighted by atomic mass is 10.0. The molecule has 3 unspecified atom stereocenters. The molecule has 0 aliphatic carbocycles. The van der Waals surface area contributed by atoms with Crippen LogP contribution in [0.2, 0.25) is 0 Å². The number of aliphatic hydroxyl groups is 1. The van der Waals surface area contributed by atoms with Gasteiger partial charge in [0.25, 0.3) is 0 Å². The van der Waals surface area contributed by atoms with Crippen molar-refractivity contribution >= 4 is 0 Å². The van der Waals surface area contributed by atoms with Crippen molar-refractivity contribution in [3.8, 4) is 0 Å². The molecule has 126 valence electrons. The Balaban J connectivity index is 1.98. The summed E-state index contributed by atoms with van der Waals surface area (Å²) in [5.41, 5.74) is 0. The van der Waals surface area contributed by atoms with Crippen LogP contribution in [-0.2, 0) is 14.2 Å². The molecule has 1 aliphatic heterocycles. The molecule has 0 spiro atoms. The average Bonchev–Trinajstić information content (AvgIpc) is 2.51. The second-order valence-electron chi connectivity index (χ2n) is 5.83. The van der Waals surface area contributed by atoms with Gasteiger partial charge in [-0.2, -0.15) is 0 Å². The predicted octanol–water partition coefficient (Wildman–Crippen LogP) is 1.59. The molecular weight excluding hydrogens is 270 g/mol. The third-order valence-corrected chi connectivity index (χ3v) is 3.84. The third kappa shape index (κ3) is 9.42. The fraction of sp³-hybridized carbons (Fsp3) is 1.00. The highest BCUT2D eigenvalue weighted by molar-refractivity contribution is 4.67. The first-order chi connectivity index (χ1) is 10.3. The molecule has 0 amide bonds. The summed E-state index contributed by atoms with van der Waals surface area (Å²) < 4.78 is 16.5. The number of unbranched alkanes of at least 4 members (excludes halogenated alkanes) is 1. The van der Waals surface area contributed by atoms with Crippen LogP contribution >= 0.6 is 0 Å². The Hall–Kier alpha value is -0.200. The fourth-order valence-electron chi connectivity index (χ4n) is 2.39. The Kier molecular flexibility index (Phi) is 11.1. The fourth-order valence-corrected chi connectivity index (χ4v) is 2.39. The van der Waals surface area contributed by atoms with E-state index < -0.39 is 6.10 Å². The zero-order valence-electron chi connectivity index (χ0n) is 13.7. The minimum atomic E-state index is -0.460. The highest BCUT2D eigenvalue weighted by Gasteiger charge is 2.14. The molecule has 1 aliphatic rings. The smallest absolute Gasteiger partial charge is 0.0933 e. The standard InChI is InChI=1S/C16H33NO4/c1-3-5-6-14(4-2)11-20-12-15(18)9-17-10-16-13-19-7-8-21-16/h14-18H,3-13H2,1-2H3. The molecule has 0 radical (unpaired) electrons. The van der Waals surface area contributed by atoms with Crippen LogP contribution in [0.5, 0.6) is 0 Å². The van der Waals surface area contributed by atoms with E-state index in [2.05, 4.69) is 19.2 Å². The summed E-state index contributed by atoms with van der Waals surface area (Å²) in [5, 5.41) is 13.1. The minimum absolute atomic E-state index is 0.102. The molecule has 2 N–H and O–H groups in total. The topological polar surface area (TPSA) is 60.0 Å². The van der Waals surface area contributed by atoms with E-state index in [0.29, 0.717) is 45.4 Å². The summed E-state index contributed by atoms with van der Waals surface area (Å²) in [7, 11) is 0. The Morgan fingerprint density at radius 2 is 2.14 bits per heavy atom. The molecule has 0 aromatic rings. The second kappa shape index (κ2) is 12.4. The first kappa shape index (κ1) is 18.8. The molecule has 5 nitrogen and oxygen atoms in total. The molecule has 0 aromatic heterocycles. The second-order valence-corrected chi connectivity index (χ2v) is 5.83. The number of hydrogen-bond donors (Lipinski definition) is 2. The quantitative estimate of drug-likeness (QED) is 0.573. The summed E-state index contributed by atoms with van der Waals surface area (Å²) >= 11 is 0. The van der Waals surface area contributed by atoms with Gasteiger partial charge in [-0.1, -0.05) is 33.1 Å². The van der Waals surface area contributed by atoms with Gasteiger partial charge in [0.1, 0.15) is 0 Å². The monoisotopic (exact) mass is 303 g/mol. The van der Waals surface area contributed by atoms with Crippen LogP contribution in [0.1, 0.15) is 39.5 Å². The lowest BCUT2D eigenvalue weighted by molar-refractivity contribution is -0.0872. The summed E-state index contributed by atoms with van der Waals surface area (Å²) in [5.74, 6) is 0.623. The van der Waals surface area contributed by atoms with Crippen molar-refractivity contribution < 1.29 is 19.3 Å². The SMILES string of the molecule is CCCCC(CC)COCC(O)CNCC1COCCO1. The van der Waals surface area contributed by atoms with E-state index in [-0.39, 0.29) is 6.10 Å². The number of aliphatic hydroxyl groups excluding tert-OH is 1. The van der Waals surface area contributed by atoms with E-state index in [1.165, 1.54) is 19.3 Å². The Bertz CT molecular complexity index is 234. The first-order valence-electron chi connectivity index (χ1n) is 8.42. The van der Waals surface area contributed by atoms with Crippen molar-refractivity contribution in [1.82, 2.24) is 5.32 Å². The van der Waals surface area contributed by atoms with E-state index in [1.54, 1.807) is 0 Å². The van der Waals surface area contributed by atoms with Gasteiger partial charge < -0.3 is 24.6 Å². The molecule has 1 fully saturated rings. The number of ether oxygens (including phenoxy) is 3. The largest absolute Gasteiger partial charge is 0.389 e. The molecule has 0 aromatic carbocycles. The van der Waals surface area contributed by atoms with E-state index >= 15 is 0 Å². The van der Waals surface area contributed by atoms with Crippen LogP contribution in [-0.4, -0.2) is 63.4 Å². The van der Waals surface area contributed by atoms with Gasteiger partial charge in [0, 0.05) is 19.7 Å². The minimum Gasteiger partial charge on any atom is -0.389 e. The van der Waals surface area contributed by atoms with Gasteiger partial charge in [0.15, 0.2) is 0 Å². The van der Waals surface area contributed by atoms with Crippen molar-refractivity contribution in [2.24, 2.45) is 5.92 Å². The van der Waals surface area contributed by atoms with Crippen molar-refractivity contribution in [3.63, 3.8) is 0 Å². The van der Waals surface area contributed by atoms with Crippen molar-refractivity contribution in [2.45, 2.75) is 51.7 Å². The molecule has 3 atom stereocenters. The molecule has 1 rings (SSSR count). The van der Waals surface area contributed by atoms with Gasteiger partial charge in [-0.05, 0) is 12.3 Å². The van der Waals surface area contributed by atoms with Crippen LogP contribution in [0.25, 0.3) is 0 Å². The maximum atomic E-state index is 9.88. The maximum Gasteiger partial charge on any atom is 0.0933 e. The van der Waals surface area contributed by atoms with Crippen molar-refractivity contribution in [3.05, 3.63) is 0 Å². The van der Waals surface area contributed by atoms with Gasteiger partial charge >= 0.3 is 0 Å². The molecule has 0 saturated carbocycles. The van der Waals surface area contributed by atoms with E-state index in [4.69, 9.17) is 14.2 Å². The van der Waals surface area contributed by atoms with Crippen LogP contribution in [0.3, 0.4) is 0 Å². The highest BCUT2D eigenvalue weighted by Crippen LogP contribution is 2.12. The third-order valence-electron chi connectivity index (χ3n) is 3.84. The van der Waals surface area contributed by atoms with E-state index in [1.807, 2.05) is 0 Å². The number of hydrogen-bond acceptors (Lipinski definition) is 5. The number of rotatable bonds is 12.